The first-order valence-electron chi connectivity index (χ1n) is 10.6. The first-order chi connectivity index (χ1) is 14.4. The number of allylic oxidation sites excluding steroid dienone is 2. The van der Waals surface area contributed by atoms with Gasteiger partial charge in [-0.1, -0.05) is 42.5 Å². The standard InChI is InChI=1S/C24H30N4O2/c1-17-22(25)27-24(26-17,21-11-14-28(15-12-21)18(2)29)23(30-3)13-7-10-20(16-23)19-8-5-4-6-9-19/h4-10,13,21H,11-12,14-16H2,1-3H3,(H2,25,27). The summed E-state index contributed by atoms with van der Waals surface area (Å²) >= 11 is 0. The van der Waals surface area contributed by atoms with Crippen LogP contribution in [0.3, 0.4) is 0 Å². The molecule has 0 saturated carbocycles. The van der Waals surface area contributed by atoms with Gasteiger partial charge in [0.15, 0.2) is 5.66 Å². The quantitative estimate of drug-likeness (QED) is 0.834. The Hall–Kier alpha value is -2.73. The summed E-state index contributed by atoms with van der Waals surface area (Å²) in [7, 11) is 1.74. The molecule has 1 saturated heterocycles. The number of amides is 1. The van der Waals surface area contributed by atoms with Crippen molar-refractivity contribution in [1.82, 2.24) is 4.90 Å². The zero-order valence-electron chi connectivity index (χ0n) is 18.0. The second-order valence-electron chi connectivity index (χ2n) is 8.39. The van der Waals surface area contributed by atoms with Crippen molar-refractivity contribution >= 4 is 23.0 Å². The minimum absolute atomic E-state index is 0.116. The van der Waals surface area contributed by atoms with Gasteiger partial charge in [-0.2, -0.15) is 0 Å². The summed E-state index contributed by atoms with van der Waals surface area (Å²) in [6, 6.07) is 10.3. The van der Waals surface area contributed by atoms with Crippen LogP contribution in [0.5, 0.6) is 0 Å². The van der Waals surface area contributed by atoms with Crippen molar-refractivity contribution in [2.75, 3.05) is 20.2 Å². The maximum atomic E-state index is 11.8. The molecule has 2 unspecified atom stereocenters. The molecule has 6 nitrogen and oxygen atoms in total. The Labute approximate surface area is 178 Å². The number of ether oxygens (including phenoxy) is 1. The highest BCUT2D eigenvalue weighted by atomic mass is 16.5. The monoisotopic (exact) mass is 406 g/mol. The van der Waals surface area contributed by atoms with Gasteiger partial charge in [-0.3, -0.25) is 9.79 Å². The third kappa shape index (κ3) is 3.29. The zero-order valence-corrected chi connectivity index (χ0v) is 18.0. The molecule has 1 aromatic carbocycles. The Morgan fingerprint density at radius 1 is 1.20 bits per heavy atom. The van der Waals surface area contributed by atoms with E-state index in [0.29, 0.717) is 25.3 Å². The van der Waals surface area contributed by atoms with Crippen LogP contribution in [-0.2, 0) is 9.53 Å². The molecule has 4 rings (SSSR count). The van der Waals surface area contributed by atoms with E-state index in [1.165, 1.54) is 11.1 Å². The summed E-state index contributed by atoms with van der Waals surface area (Å²) < 4.78 is 6.26. The van der Waals surface area contributed by atoms with Crippen molar-refractivity contribution in [3.63, 3.8) is 0 Å². The number of benzene rings is 1. The molecule has 1 fully saturated rings. The molecule has 2 heterocycles. The number of hydrogen-bond acceptors (Lipinski definition) is 5. The third-order valence-electron chi connectivity index (χ3n) is 6.76. The van der Waals surface area contributed by atoms with Gasteiger partial charge in [-0.25, -0.2) is 4.99 Å². The highest BCUT2D eigenvalue weighted by Crippen LogP contribution is 2.50. The van der Waals surface area contributed by atoms with E-state index in [-0.39, 0.29) is 11.8 Å². The van der Waals surface area contributed by atoms with Crippen molar-refractivity contribution in [3.8, 4) is 0 Å². The molecule has 0 radical (unpaired) electrons. The predicted octanol–water partition coefficient (Wildman–Crippen LogP) is 3.20. The predicted molar refractivity (Wildman–Crippen MR) is 120 cm³/mol. The number of nitrogens with zero attached hydrogens (tertiary/aromatic N) is 3. The van der Waals surface area contributed by atoms with Crippen molar-refractivity contribution in [2.24, 2.45) is 21.6 Å². The lowest BCUT2D eigenvalue weighted by Gasteiger charge is -2.49. The number of likely N-dealkylation sites (tertiary alicyclic amines) is 1. The second-order valence-corrected chi connectivity index (χ2v) is 8.39. The Balaban J connectivity index is 1.73. The molecular formula is C24H30N4O2. The smallest absolute Gasteiger partial charge is 0.219 e. The van der Waals surface area contributed by atoms with Gasteiger partial charge in [-0.05, 0) is 37.0 Å². The molecule has 0 spiro atoms. The summed E-state index contributed by atoms with van der Waals surface area (Å²) in [5, 5.41) is 0. The van der Waals surface area contributed by atoms with Gasteiger partial charge in [0.25, 0.3) is 0 Å². The Bertz CT molecular complexity index is 921. The number of methoxy groups -OCH3 is 1. The highest BCUT2D eigenvalue weighted by Gasteiger charge is 2.58. The number of aliphatic imine (C=N–C) groups is 2. The summed E-state index contributed by atoms with van der Waals surface area (Å²) in [5.41, 5.74) is 7.81. The molecule has 30 heavy (non-hydrogen) atoms. The zero-order chi connectivity index (χ0) is 21.4. The number of hydrogen-bond donors (Lipinski definition) is 1. The number of carbonyl (C=O) groups excluding carboxylic acids is 1. The molecule has 1 amide bonds. The molecule has 1 aromatic rings. The van der Waals surface area contributed by atoms with Crippen LogP contribution in [0.4, 0.5) is 0 Å². The van der Waals surface area contributed by atoms with Crippen LogP contribution in [0.15, 0.2) is 58.5 Å². The van der Waals surface area contributed by atoms with Crippen molar-refractivity contribution in [1.29, 1.82) is 0 Å². The summed E-state index contributed by atoms with van der Waals surface area (Å²) in [6.45, 7) is 4.95. The molecule has 2 aliphatic heterocycles. The molecular weight excluding hydrogens is 376 g/mol. The molecule has 158 valence electrons. The largest absolute Gasteiger partial charge is 0.382 e. The van der Waals surface area contributed by atoms with E-state index in [0.717, 1.165) is 18.6 Å². The third-order valence-corrected chi connectivity index (χ3v) is 6.76. The van der Waals surface area contributed by atoms with E-state index in [1.807, 2.05) is 30.0 Å². The van der Waals surface area contributed by atoms with Gasteiger partial charge in [-0.15, -0.1) is 0 Å². The molecule has 2 atom stereocenters. The van der Waals surface area contributed by atoms with E-state index >= 15 is 0 Å². The molecule has 0 aromatic heterocycles. The average Bonchev–Trinajstić information content (AvgIpc) is 3.10. The van der Waals surface area contributed by atoms with Crippen molar-refractivity contribution < 1.29 is 9.53 Å². The lowest BCUT2D eigenvalue weighted by molar-refractivity contribution is -0.131. The minimum atomic E-state index is -0.830. The summed E-state index contributed by atoms with van der Waals surface area (Å²) in [4.78, 5) is 23.8. The maximum Gasteiger partial charge on any atom is 0.219 e. The molecule has 2 N–H and O–H groups in total. The second kappa shape index (κ2) is 7.84. The van der Waals surface area contributed by atoms with Crippen molar-refractivity contribution in [3.05, 3.63) is 54.1 Å². The molecule has 0 bridgehead atoms. The summed E-state index contributed by atoms with van der Waals surface area (Å²) in [5.74, 6) is 0.721. The van der Waals surface area contributed by atoms with Crippen LogP contribution in [0.1, 0.15) is 38.7 Å². The number of carbonyl (C=O) groups is 1. The lowest BCUT2D eigenvalue weighted by Crippen LogP contribution is -2.58. The van der Waals surface area contributed by atoms with Crippen molar-refractivity contribution in [2.45, 2.75) is 44.4 Å². The van der Waals surface area contributed by atoms with Crippen LogP contribution in [-0.4, -0.2) is 53.8 Å². The fourth-order valence-electron chi connectivity index (χ4n) is 5.03. The summed E-state index contributed by atoms with van der Waals surface area (Å²) in [6.07, 6.45) is 8.57. The average molecular weight is 407 g/mol. The fourth-order valence-corrected chi connectivity index (χ4v) is 5.03. The molecule has 3 aliphatic rings. The van der Waals surface area contributed by atoms with Crippen LogP contribution >= 0.6 is 0 Å². The molecule has 6 heteroatoms. The first kappa shape index (κ1) is 20.5. The van der Waals surface area contributed by atoms with E-state index < -0.39 is 11.3 Å². The van der Waals surface area contributed by atoms with Gasteiger partial charge >= 0.3 is 0 Å². The topological polar surface area (TPSA) is 80.3 Å². The van der Waals surface area contributed by atoms with E-state index in [9.17, 15) is 4.79 Å². The van der Waals surface area contributed by atoms with Gasteiger partial charge < -0.3 is 15.4 Å². The number of piperidine rings is 1. The molecule has 1 aliphatic carbocycles. The van der Waals surface area contributed by atoms with E-state index in [2.05, 4.69) is 30.4 Å². The first-order valence-corrected chi connectivity index (χ1v) is 10.6. The SMILES string of the molecule is COC1(C2(C3CCN(C(C)=O)CC3)N=C(C)C(N)=N2)C=CC=C(c2ccccc2)C1. The van der Waals surface area contributed by atoms with Gasteiger partial charge in [0.1, 0.15) is 11.4 Å². The Morgan fingerprint density at radius 3 is 2.47 bits per heavy atom. The Kier molecular flexibility index (Phi) is 5.36. The normalized spacial score (nSPS) is 29.4. The van der Waals surface area contributed by atoms with E-state index in [1.54, 1.807) is 14.0 Å². The van der Waals surface area contributed by atoms with Crippen LogP contribution in [0, 0.1) is 5.92 Å². The maximum absolute atomic E-state index is 11.8. The van der Waals surface area contributed by atoms with Gasteiger partial charge in [0, 0.05) is 39.5 Å². The van der Waals surface area contributed by atoms with Crippen LogP contribution in [0.2, 0.25) is 0 Å². The number of nitrogens with two attached hydrogens (primary N) is 1. The minimum Gasteiger partial charge on any atom is -0.382 e. The van der Waals surface area contributed by atoms with Crippen LogP contribution in [0.25, 0.3) is 5.57 Å². The Morgan fingerprint density at radius 2 is 1.90 bits per heavy atom. The van der Waals surface area contributed by atoms with Gasteiger partial charge in [0.2, 0.25) is 5.91 Å². The van der Waals surface area contributed by atoms with Gasteiger partial charge in [0.05, 0.1) is 5.71 Å². The van der Waals surface area contributed by atoms with Crippen LogP contribution < -0.4 is 5.73 Å². The number of rotatable bonds is 4. The highest BCUT2D eigenvalue weighted by molar-refractivity contribution is 6.41. The fraction of sp³-hybridized carbons (Fsp3) is 0.458. The van der Waals surface area contributed by atoms with E-state index in [4.69, 9.17) is 20.5 Å². The lowest BCUT2D eigenvalue weighted by atomic mass is 9.69. The number of amidine groups is 1.